The highest BCUT2D eigenvalue weighted by molar-refractivity contribution is 7.98. The van der Waals surface area contributed by atoms with Crippen molar-refractivity contribution in [3.05, 3.63) is 34.4 Å². The summed E-state index contributed by atoms with van der Waals surface area (Å²) in [6.07, 6.45) is 3.62. The van der Waals surface area contributed by atoms with Crippen LogP contribution in [-0.2, 0) is 26.1 Å². The van der Waals surface area contributed by atoms with Crippen molar-refractivity contribution in [1.82, 2.24) is 14.9 Å². The van der Waals surface area contributed by atoms with Crippen LogP contribution in [0.3, 0.4) is 0 Å². The molecule has 0 saturated heterocycles. The second kappa shape index (κ2) is 8.44. The fourth-order valence-corrected chi connectivity index (χ4v) is 3.65. The van der Waals surface area contributed by atoms with Crippen LogP contribution in [-0.4, -0.2) is 41.0 Å². The number of esters is 2. The minimum atomic E-state index is -0.604. The zero-order valence-corrected chi connectivity index (χ0v) is 16.8. The van der Waals surface area contributed by atoms with Crippen molar-refractivity contribution in [3.63, 3.8) is 0 Å². The van der Waals surface area contributed by atoms with Crippen LogP contribution in [0.4, 0.5) is 0 Å². The first-order valence-electron chi connectivity index (χ1n) is 8.45. The molecule has 0 atom stereocenters. The molecule has 1 N–H and O–H groups in total. The zero-order valence-electron chi connectivity index (χ0n) is 16.0. The van der Waals surface area contributed by atoms with Gasteiger partial charge in [0.25, 0.3) is 0 Å². The van der Waals surface area contributed by atoms with Gasteiger partial charge in [0.15, 0.2) is 5.16 Å². The van der Waals surface area contributed by atoms with Gasteiger partial charge in [-0.05, 0) is 34.0 Å². The van der Waals surface area contributed by atoms with Gasteiger partial charge in [0.05, 0.1) is 42.2 Å². The number of imidazole rings is 1. The quantitative estimate of drug-likeness (QED) is 0.601. The predicted octanol–water partition coefficient (Wildman–Crippen LogP) is 2.50. The zero-order chi connectivity index (χ0) is 19.4. The molecule has 0 radical (unpaired) electrons. The van der Waals surface area contributed by atoms with E-state index >= 15 is 0 Å². The Bertz CT molecular complexity index is 739. The second-order valence-electron chi connectivity index (χ2n) is 5.81. The van der Waals surface area contributed by atoms with E-state index in [1.165, 1.54) is 11.8 Å². The minimum Gasteiger partial charge on any atom is -0.463 e. The number of rotatable bonds is 6. The molecule has 0 bridgehead atoms. The van der Waals surface area contributed by atoms with Crippen molar-refractivity contribution >= 4 is 23.7 Å². The Balaban J connectivity index is 2.67. The van der Waals surface area contributed by atoms with Gasteiger partial charge in [-0.2, -0.15) is 0 Å². The van der Waals surface area contributed by atoms with Crippen LogP contribution >= 0.6 is 11.8 Å². The van der Waals surface area contributed by atoms with E-state index in [9.17, 15) is 9.59 Å². The highest BCUT2D eigenvalue weighted by Crippen LogP contribution is 2.39. The fourth-order valence-electron chi connectivity index (χ4n) is 3.11. The molecule has 0 aromatic carbocycles. The standard InChI is InChI=1S/C18H25N3O4S/c1-7-24-16(22)13-10(3)20-11(4)14(17(23)25-8-2)15(13)12-9-19-18(26-6)21(12)5/h9,15,20H,7-8H2,1-6H3. The number of dihydropyridines is 1. The summed E-state index contributed by atoms with van der Waals surface area (Å²) >= 11 is 1.49. The molecule has 142 valence electrons. The minimum absolute atomic E-state index is 0.251. The summed E-state index contributed by atoms with van der Waals surface area (Å²) in [5.41, 5.74) is 2.85. The Morgan fingerprint density at radius 2 is 1.65 bits per heavy atom. The maximum absolute atomic E-state index is 12.7. The maximum Gasteiger partial charge on any atom is 0.336 e. The molecule has 1 aromatic heterocycles. The third-order valence-electron chi connectivity index (χ3n) is 4.21. The Morgan fingerprint density at radius 3 is 2.04 bits per heavy atom. The number of carbonyl (C=O) groups excluding carboxylic acids is 2. The number of nitrogens with zero attached hydrogens (tertiary/aromatic N) is 2. The first-order valence-corrected chi connectivity index (χ1v) is 9.68. The van der Waals surface area contributed by atoms with Crippen molar-refractivity contribution in [2.45, 2.75) is 38.8 Å². The number of nitrogens with one attached hydrogen (secondary N) is 1. The molecule has 1 aromatic rings. The van der Waals surface area contributed by atoms with E-state index in [-0.39, 0.29) is 13.2 Å². The summed E-state index contributed by atoms with van der Waals surface area (Å²) in [7, 11) is 1.87. The number of ether oxygens (including phenoxy) is 2. The SMILES string of the molecule is CCOC(=O)C1=C(C)NC(C)=C(C(=O)OCC)C1c1cnc(SC)n1C. The highest BCUT2D eigenvalue weighted by atomic mass is 32.2. The monoisotopic (exact) mass is 379 g/mol. The number of allylic oxidation sites excluding steroid dienone is 2. The van der Waals surface area contributed by atoms with Gasteiger partial charge in [0.1, 0.15) is 0 Å². The maximum atomic E-state index is 12.7. The molecule has 0 unspecified atom stereocenters. The van der Waals surface area contributed by atoms with Crippen LogP contribution in [0.1, 0.15) is 39.3 Å². The van der Waals surface area contributed by atoms with Crippen molar-refractivity contribution in [3.8, 4) is 0 Å². The predicted molar refractivity (Wildman–Crippen MR) is 99.5 cm³/mol. The summed E-state index contributed by atoms with van der Waals surface area (Å²) < 4.78 is 12.4. The van der Waals surface area contributed by atoms with Gasteiger partial charge in [0, 0.05) is 18.4 Å². The topological polar surface area (TPSA) is 82.4 Å². The lowest BCUT2D eigenvalue weighted by atomic mass is 9.83. The number of aromatic nitrogens is 2. The number of thioether (sulfide) groups is 1. The average molecular weight is 379 g/mol. The van der Waals surface area contributed by atoms with Crippen LogP contribution < -0.4 is 5.32 Å². The van der Waals surface area contributed by atoms with Crippen LogP contribution in [0.5, 0.6) is 0 Å². The molecule has 26 heavy (non-hydrogen) atoms. The lowest BCUT2D eigenvalue weighted by molar-refractivity contribution is -0.139. The van der Waals surface area contributed by atoms with E-state index in [1.807, 2.05) is 17.9 Å². The average Bonchev–Trinajstić information content (AvgIpc) is 2.94. The van der Waals surface area contributed by atoms with E-state index in [1.54, 1.807) is 33.9 Å². The van der Waals surface area contributed by atoms with E-state index in [2.05, 4.69) is 10.3 Å². The molecule has 0 amide bonds. The highest BCUT2D eigenvalue weighted by Gasteiger charge is 2.39. The molecular formula is C18H25N3O4S. The summed E-state index contributed by atoms with van der Waals surface area (Å²) in [6, 6.07) is 0. The molecule has 1 aliphatic rings. The number of hydrogen-bond acceptors (Lipinski definition) is 7. The molecule has 1 aliphatic heterocycles. The van der Waals surface area contributed by atoms with E-state index < -0.39 is 17.9 Å². The fraction of sp³-hybridized carbons (Fsp3) is 0.500. The van der Waals surface area contributed by atoms with Gasteiger partial charge in [-0.25, -0.2) is 14.6 Å². The normalized spacial score (nSPS) is 15.2. The number of carbonyl (C=O) groups is 2. The van der Waals surface area contributed by atoms with Gasteiger partial charge in [-0.15, -0.1) is 0 Å². The van der Waals surface area contributed by atoms with E-state index in [0.29, 0.717) is 22.5 Å². The van der Waals surface area contributed by atoms with Crippen LogP contribution in [0.2, 0.25) is 0 Å². The summed E-state index contributed by atoms with van der Waals surface area (Å²) in [5, 5.41) is 3.91. The molecule has 0 aliphatic carbocycles. The first kappa shape index (κ1) is 20.1. The van der Waals surface area contributed by atoms with Gasteiger partial charge in [-0.3, -0.25) is 0 Å². The molecule has 0 spiro atoms. The Kier molecular flexibility index (Phi) is 6.52. The van der Waals surface area contributed by atoms with Gasteiger partial charge in [0.2, 0.25) is 0 Å². The van der Waals surface area contributed by atoms with Gasteiger partial charge < -0.3 is 19.4 Å². The molecular weight excluding hydrogens is 354 g/mol. The molecule has 2 heterocycles. The molecule has 2 rings (SSSR count). The van der Waals surface area contributed by atoms with Crippen LogP contribution in [0.15, 0.2) is 33.9 Å². The molecule has 0 saturated carbocycles. The van der Waals surface area contributed by atoms with Crippen molar-refractivity contribution in [1.29, 1.82) is 0 Å². The van der Waals surface area contributed by atoms with E-state index in [0.717, 1.165) is 10.9 Å². The van der Waals surface area contributed by atoms with Crippen LogP contribution in [0, 0.1) is 0 Å². The molecule has 0 fully saturated rings. The summed E-state index contributed by atoms with van der Waals surface area (Å²) in [6.45, 7) is 7.61. The van der Waals surface area contributed by atoms with Crippen LogP contribution in [0.25, 0.3) is 0 Å². The third kappa shape index (κ3) is 3.65. The van der Waals surface area contributed by atoms with Gasteiger partial charge >= 0.3 is 11.9 Å². The smallest absolute Gasteiger partial charge is 0.336 e. The Labute approximate surface area is 157 Å². The van der Waals surface area contributed by atoms with Crippen molar-refractivity contribution < 1.29 is 19.1 Å². The summed E-state index contributed by atoms with van der Waals surface area (Å²) in [4.78, 5) is 29.8. The second-order valence-corrected chi connectivity index (χ2v) is 6.58. The van der Waals surface area contributed by atoms with Gasteiger partial charge in [-0.1, -0.05) is 11.8 Å². The van der Waals surface area contributed by atoms with Crippen molar-refractivity contribution in [2.75, 3.05) is 19.5 Å². The largest absolute Gasteiger partial charge is 0.463 e. The Hall–Kier alpha value is -2.22. The number of hydrogen-bond donors (Lipinski definition) is 1. The summed E-state index contributed by atoms with van der Waals surface area (Å²) in [5.74, 6) is -1.51. The Morgan fingerprint density at radius 1 is 1.15 bits per heavy atom. The third-order valence-corrected chi connectivity index (χ3v) is 4.96. The lowest BCUT2D eigenvalue weighted by Crippen LogP contribution is -2.33. The lowest BCUT2D eigenvalue weighted by Gasteiger charge is -2.30. The molecule has 8 heteroatoms. The molecule has 7 nitrogen and oxygen atoms in total. The van der Waals surface area contributed by atoms with E-state index in [4.69, 9.17) is 9.47 Å². The first-order chi connectivity index (χ1) is 12.4. The van der Waals surface area contributed by atoms with Crippen molar-refractivity contribution in [2.24, 2.45) is 7.05 Å².